The Hall–Kier alpha value is -2.34. The summed E-state index contributed by atoms with van der Waals surface area (Å²) in [4.78, 5) is 13.6. The van der Waals surface area contributed by atoms with Crippen LogP contribution < -0.4 is 15.0 Å². The van der Waals surface area contributed by atoms with Gasteiger partial charge in [-0.05, 0) is 51.2 Å². The predicted octanol–water partition coefficient (Wildman–Crippen LogP) is 2.76. The van der Waals surface area contributed by atoms with Gasteiger partial charge < -0.3 is 19.9 Å². The van der Waals surface area contributed by atoms with Crippen LogP contribution in [-0.2, 0) is 0 Å². The molecule has 2 aromatic rings. The van der Waals surface area contributed by atoms with E-state index >= 15 is 0 Å². The number of nitrogens with zero attached hydrogens (tertiary/aromatic N) is 4. The van der Waals surface area contributed by atoms with E-state index in [4.69, 9.17) is 4.74 Å². The third kappa shape index (κ3) is 4.35. The Labute approximate surface area is 143 Å². The average molecular weight is 327 g/mol. The number of anilines is 3. The molecule has 24 heavy (non-hydrogen) atoms. The van der Waals surface area contributed by atoms with Gasteiger partial charge in [-0.1, -0.05) is 0 Å². The topological polar surface area (TPSA) is 53.5 Å². The van der Waals surface area contributed by atoms with E-state index in [2.05, 4.69) is 32.1 Å². The molecule has 1 fully saturated rings. The summed E-state index contributed by atoms with van der Waals surface area (Å²) in [7, 11) is 2.14. The molecule has 6 heteroatoms. The highest BCUT2D eigenvalue weighted by atomic mass is 16.5. The SMILES string of the molecule is CC(C)Oc1ccc(Nc2ccnc(N3CCN(C)CC3)n2)cc1. The Bertz CT molecular complexity index is 651. The highest BCUT2D eigenvalue weighted by Crippen LogP contribution is 2.21. The fourth-order valence-corrected chi connectivity index (χ4v) is 2.61. The van der Waals surface area contributed by atoms with E-state index in [1.54, 1.807) is 6.20 Å². The Morgan fingerprint density at radius 3 is 2.42 bits per heavy atom. The third-order valence-electron chi connectivity index (χ3n) is 3.93. The molecule has 0 amide bonds. The van der Waals surface area contributed by atoms with Crippen LogP contribution in [0.5, 0.6) is 5.75 Å². The third-order valence-corrected chi connectivity index (χ3v) is 3.93. The maximum atomic E-state index is 5.66. The van der Waals surface area contributed by atoms with E-state index < -0.39 is 0 Å². The van der Waals surface area contributed by atoms with Gasteiger partial charge >= 0.3 is 0 Å². The Morgan fingerprint density at radius 2 is 1.75 bits per heavy atom. The molecule has 0 saturated carbocycles. The molecule has 0 radical (unpaired) electrons. The van der Waals surface area contributed by atoms with Crippen molar-refractivity contribution in [3.05, 3.63) is 36.5 Å². The van der Waals surface area contributed by atoms with Crippen molar-refractivity contribution in [1.29, 1.82) is 0 Å². The van der Waals surface area contributed by atoms with Gasteiger partial charge in [0.1, 0.15) is 11.6 Å². The Balaban J connectivity index is 1.66. The number of hydrogen-bond acceptors (Lipinski definition) is 6. The van der Waals surface area contributed by atoms with Gasteiger partial charge in [-0.15, -0.1) is 0 Å². The van der Waals surface area contributed by atoms with Gasteiger partial charge in [-0.3, -0.25) is 0 Å². The molecule has 0 unspecified atom stereocenters. The average Bonchev–Trinajstić information content (AvgIpc) is 2.57. The first kappa shape index (κ1) is 16.5. The molecule has 0 bridgehead atoms. The van der Waals surface area contributed by atoms with Gasteiger partial charge in [0.2, 0.25) is 5.95 Å². The smallest absolute Gasteiger partial charge is 0.227 e. The number of likely N-dealkylation sites (N-methyl/N-ethyl adjacent to an activating group) is 1. The van der Waals surface area contributed by atoms with Crippen LogP contribution >= 0.6 is 0 Å². The first-order valence-electron chi connectivity index (χ1n) is 8.40. The van der Waals surface area contributed by atoms with E-state index in [1.165, 1.54) is 0 Å². The molecule has 1 aliphatic heterocycles. The molecular weight excluding hydrogens is 302 g/mol. The van der Waals surface area contributed by atoms with Gasteiger partial charge in [0.15, 0.2) is 0 Å². The van der Waals surface area contributed by atoms with Crippen LogP contribution in [0.2, 0.25) is 0 Å². The second kappa shape index (κ2) is 7.49. The van der Waals surface area contributed by atoms with Crippen LogP contribution in [0.15, 0.2) is 36.5 Å². The first-order chi connectivity index (χ1) is 11.6. The predicted molar refractivity (Wildman–Crippen MR) is 97.2 cm³/mol. The van der Waals surface area contributed by atoms with Crippen molar-refractivity contribution in [3.63, 3.8) is 0 Å². The molecule has 6 nitrogen and oxygen atoms in total. The van der Waals surface area contributed by atoms with E-state index in [0.717, 1.165) is 49.4 Å². The van der Waals surface area contributed by atoms with E-state index in [9.17, 15) is 0 Å². The van der Waals surface area contributed by atoms with Crippen molar-refractivity contribution in [1.82, 2.24) is 14.9 Å². The largest absolute Gasteiger partial charge is 0.491 e. The number of piperazine rings is 1. The zero-order valence-electron chi connectivity index (χ0n) is 14.6. The Morgan fingerprint density at radius 1 is 1.04 bits per heavy atom. The lowest BCUT2D eigenvalue weighted by Crippen LogP contribution is -2.45. The maximum Gasteiger partial charge on any atom is 0.227 e. The second-order valence-corrected chi connectivity index (χ2v) is 6.35. The summed E-state index contributed by atoms with van der Waals surface area (Å²) in [6, 6.07) is 9.80. The van der Waals surface area contributed by atoms with Crippen molar-refractivity contribution in [2.45, 2.75) is 20.0 Å². The molecule has 1 N–H and O–H groups in total. The molecule has 1 aromatic carbocycles. The van der Waals surface area contributed by atoms with Crippen molar-refractivity contribution in [2.75, 3.05) is 43.4 Å². The standard InChI is InChI=1S/C18H25N5O/c1-14(2)24-16-6-4-15(5-7-16)20-17-8-9-19-18(21-17)23-12-10-22(3)11-13-23/h4-9,14H,10-13H2,1-3H3,(H,19,20,21). The van der Waals surface area contributed by atoms with E-state index in [-0.39, 0.29) is 6.10 Å². The molecule has 0 spiro atoms. The molecular formula is C18H25N5O. The first-order valence-corrected chi connectivity index (χ1v) is 8.40. The molecule has 1 aromatic heterocycles. The number of ether oxygens (including phenoxy) is 1. The summed E-state index contributed by atoms with van der Waals surface area (Å²) < 4.78 is 5.66. The maximum absolute atomic E-state index is 5.66. The zero-order valence-corrected chi connectivity index (χ0v) is 14.6. The minimum atomic E-state index is 0.178. The van der Waals surface area contributed by atoms with E-state index in [1.807, 2.05) is 44.2 Å². The van der Waals surface area contributed by atoms with Crippen LogP contribution in [0, 0.1) is 0 Å². The van der Waals surface area contributed by atoms with Gasteiger partial charge in [-0.25, -0.2) is 4.98 Å². The van der Waals surface area contributed by atoms with Crippen molar-refractivity contribution in [3.8, 4) is 5.75 Å². The number of hydrogen-bond donors (Lipinski definition) is 1. The van der Waals surface area contributed by atoms with Crippen LogP contribution in [-0.4, -0.2) is 54.2 Å². The van der Waals surface area contributed by atoms with Gasteiger partial charge in [0.05, 0.1) is 6.10 Å². The molecule has 1 aliphatic rings. The van der Waals surface area contributed by atoms with Crippen molar-refractivity contribution < 1.29 is 4.74 Å². The lowest BCUT2D eigenvalue weighted by atomic mass is 10.3. The normalized spacial score (nSPS) is 15.6. The fourth-order valence-electron chi connectivity index (χ4n) is 2.61. The summed E-state index contributed by atoms with van der Waals surface area (Å²) in [5.74, 6) is 2.46. The highest BCUT2D eigenvalue weighted by molar-refractivity contribution is 5.58. The Kier molecular flexibility index (Phi) is 5.15. The number of rotatable bonds is 5. The number of benzene rings is 1. The van der Waals surface area contributed by atoms with Crippen LogP contribution in [0.25, 0.3) is 0 Å². The summed E-state index contributed by atoms with van der Waals surface area (Å²) in [6.07, 6.45) is 1.98. The molecule has 3 rings (SSSR count). The lowest BCUT2D eigenvalue weighted by molar-refractivity contribution is 0.242. The molecule has 1 saturated heterocycles. The van der Waals surface area contributed by atoms with Gasteiger partial charge in [-0.2, -0.15) is 4.98 Å². The number of aromatic nitrogens is 2. The van der Waals surface area contributed by atoms with Crippen LogP contribution in [0.3, 0.4) is 0 Å². The summed E-state index contributed by atoms with van der Waals surface area (Å²) in [5, 5.41) is 3.33. The quantitative estimate of drug-likeness (QED) is 0.911. The van der Waals surface area contributed by atoms with E-state index in [0.29, 0.717) is 0 Å². The summed E-state index contributed by atoms with van der Waals surface area (Å²) in [5.41, 5.74) is 0.981. The van der Waals surface area contributed by atoms with Crippen LogP contribution in [0.1, 0.15) is 13.8 Å². The second-order valence-electron chi connectivity index (χ2n) is 6.35. The fraction of sp³-hybridized carbons (Fsp3) is 0.444. The molecule has 0 aliphatic carbocycles. The zero-order chi connectivity index (χ0) is 16.9. The number of nitrogens with one attached hydrogen (secondary N) is 1. The van der Waals surface area contributed by atoms with Crippen molar-refractivity contribution in [2.24, 2.45) is 0 Å². The van der Waals surface area contributed by atoms with Gasteiger partial charge in [0, 0.05) is 38.1 Å². The van der Waals surface area contributed by atoms with Crippen molar-refractivity contribution >= 4 is 17.5 Å². The minimum Gasteiger partial charge on any atom is -0.491 e. The lowest BCUT2D eigenvalue weighted by Gasteiger charge is -2.32. The molecule has 2 heterocycles. The monoisotopic (exact) mass is 327 g/mol. The molecule has 128 valence electrons. The highest BCUT2D eigenvalue weighted by Gasteiger charge is 2.16. The van der Waals surface area contributed by atoms with Gasteiger partial charge in [0.25, 0.3) is 0 Å². The summed E-state index contributed by atoms with van der Waals surface area (Å²) in [6.45, 7) is 8.04. The molecule has 0 atom stereocenters. The summed E-state index contributed by atoms with van der Waals surface area (Å²) >= 11 is 0. The van der Waals surface area contributed by atoms with Crippen LogP contribution in [0.4, 0.5) is 17.5 Å². The minimum absolute atomic E-state index is 0.178.